The molecule has 1 aromatic heterocycles. The number of benzene rings is 1. The first-order chi connectivity index (χ1) is 13.2. The van der Waals surface area contributed by atoms with Crippen molar-refractivity contribution in [3.63, 3.8) is 0 Å². The molecular weight excluding hydrogens is 362 g/mol. The van der Waals surface area contributed by atoms with Crippen LogP contribution < -0.4 is 0 Å². The number of hydrogen-bond donors (Lipinski definition) is 0. The molecule has 0 N–H and O–H groups in total. The van der Waals surface area contributed by atoms with Crippen LogP contribution in [0, 0.1) is 27.4 Å². The molecule has 1 saturated carbocycles. The minimum atomic E-state index is -0.475. The molecule has 1 aromatic carbocycles. The third kappa shape index (κ3) is 4.74. The molecule has 0 radical (unpaired) electrons. The predicted molar refractivity (Wildman–Crippen MR) is 101 cm³/mol. The Morgan fingerprint density at radius 1 is 1.18 bits per heavy atom. The van der Waals surface area contributed by atoms with Crippen LogP contribution in [0.2, 0.25) is 0 Å². The van der Waals surface area contributed by atoms with Gasteiger partial charge in [-0.3, -0.25) is 14.9 Å². The van der Waals surface area contributed by atoms with Crippen molar-refractivity contribution >= 4 is 11.7 Å². The van der Waals surface area contributed by atoms with Gasteiger partial charge in [0.15, 0.2) is 6.61 Å². The minimum absolute atomic E-state index is 0.0152. The lowest BCUT2D eigenvalue weighted by atomic mass is 9.70. The number of nitro benzene ring substituents is 1. The Balaban J connectivity index is 1.52. The third-order valence-corrected chi connectivity index (χ3v) is 5.42. The summed E-state index contributed by atoms with van der Waals surface area (Å²) in [5.41, 5.74) is 0.821. The Morgan fingerprint density at radius 2 is 1.82 bits per heavy atom. The second-order valence-electron chi connectivity index (χ2n) is 8.33. The molecule has 3 rings (SSSR count). The van der Waals surface area contributed by atoms with E-state index >= 15 is 0 Å². The van der Waals surface area contributed by atoms with Crippen molar-refractivity contribution in [2.75, 3.05) is 0 Å². The van der Waals surface area contributed by atoms with E-state index in [1.54, 1.807) is 0 Å². The molecule has 150 valence electrons. The van der Waals surface area contributed by atoms with Crippen molar-refractivity contribution in [1.82, 2.24) is 10.2 Å². The molecule has 2 aromatic rings. The van der Waals surface area contributed by atoms with Crippen molar-refractivity contribution in [2.45, 2.75) is 53.1 Å². The fourth-order valence-corrected chi connectivity index (χ4v) is 3.60. The fraction of sp³-hybridized carbons (Fsp3) is 0.550. The normalized spacial score (nSPS) is 20.0. The number of aromatic nitrogens is 2. The second kappa shape index (κ2) is 8.08. The van der Waals surface area contributed by atoms with Gasteiger partial charge in [0.1, 0.15) is 0 Å². The van der Waals surface area contributed by atoms with Gasteiger partial charge in [-0.25, -0.2) is 0 Å². The monoisotopic (exact) mass is 387 g/mol. The fourth-order valence-electron chi connectivity index (χ4n) is 3.60. The van der Waals surface area contributed by atoms with Gasteiger partial charge in [0.05, 0.1) is 10.8 Å². The van der Waals surface area contributed by atoms with Crippen LogP contribution in [-0.2, 0) is 16.1 Å². The van der Waals surface area contributed by atoms with Crippen LogP contribution in [-0.4, -0.2) is 21.1 Å². The number of hydrogen-bond acceptors (Lipinski definition) is 7. The summed E-state index contributed by atoms with van der Waals surface area (Å²) >= 11 is 0. The van der Waals surface area contributed by atoms with Crippen LogP contribution >= 0.6 is 0 Å². The maximum absolute atomic E-state index is 12.3. The molecule has 8 nitrogen and oxygen atoms in total. The van der Waals surface area contributed by atoms with Gasteiger partial charge >= 0.3 is 5.97 Å². The molecule has 0 amide bonds. The van der Waals surface area contributed by atoms with Gasteiger partial charge in [0, 0.05) is 17.7 Å². The summed E-state index contributed by atoms with van der Waals surface area (Å²) in [6, 6.07) is 5.81. The molecule has 0 atom stereocenters. The Morgan fingerprint density at radius 3 is 2.39 bits per heavy atom. The van der Waals surface area contributed by atoms with E-state index in [1.165, 1.54) is 24.3 Å². The standard InChI is InChI=1S/C20H25N3O5/c1-20(2,3)15-8-4-14(5-9-15)19(24)27-12-17-21-22-18(28-17)13-6-10-16(11-7-13)23(25)26/h6-7,10-11,14-15H,4-5,8-9,12H2,1-3H3. The molecule has 1 aliphatic rings. The molecule has 1 fully saturated rings. The zero-order valence-corrected chi connectivity index (χ0v) is 16.4. The molecule has 0 spiro atoms. The average Bonchev–Trinajstić information content (AvgIpc) is 3.14. The minimum Gasteiger partial charge on any atom is -0.455 e. The van der Waals surface area contributed by atoms with Gasteiger partial charge in [0.2, 0.25) is 5.89 Å². The lowest BCUT2D eigenvalue weighted by molar-refractivity contribution is -0.384. The van der Waals surface area contributed by atoms with E-state index in [4.69, 9.17) is 9.15 Å². The molecule has 0 aliphatic heterocycles. The first kappa shape index (κ1) is 20.0. The first-order valence-corrected chi connectivity index (χ1v) is 9.48. The summed E-state index contributed by atoms with van der Waals surface area (Å²) in [4.78, 5) is 22.6. The number of rotatable bonds is 5. The van der Waals surface area contributed by atoms with Gasteiger partial charge in [0.25, 0.3) is 11.6 Å². The van der Waals surface area contributed by atoms with Gasteiger partial charge in [-0.2, -0.15) is 0 Å². The number of carbonyl (C=O) groups is 1. The second-order valence-corrected chi connectivity index (χ2v) is 8.33. The summed E-state index contributed by atoms with van der Waals surface area (Å²) in [6.07, 6.45) is 3.76. The molecule has 1 aliphatic carbocycles. The topological polar surface area (TPSA) is 108 Å². The SMILES string of the molecule is CC(C)(C)C1CCC(C(=O)OCc2nnc(-c3ccc([N+](=O)[O-])cc3)o2)CC1. The van der Waals surface area contributed by atoms with E-state index in [0.717, 1.165) is 25.7 Å². The smallest absolute Gasteiger partial charge is 0.309 e. The molecular formula is C20H25N3O5. The molecule has 0 saturated heterocycles. The summed E-state index contributed by atoms with van der Waals surface area (Å²) in [5.74, 6) is 0.770. The lowest BCUT2D eigenvalue weighted by Gasteiger charge is -2.36. The van der Waals surface area contributed by atoms with Crippen LogP contribution in [0.15, 0.2) is 28.7 Å². The van der Waals surface area contributed by atoms with Crippen molar-refractivity contribution in [3.8, 4) is 11.5 Å². The van der Waals surface area contributed by atoms with E-state index in [9.17, 15) is 14.9 Å². The van der Waals surface area contributed by atoms with E-state index < -0.39 is 4.92 Å². The number of esters is 1. The maximum atomic E-state index is 12.3. The Labute approximate surface area is 163 Å². The van der Waals surface area contributed by atoms with Crippen molar-refractivity contribution < 1.29 is 18.9 Å². The quantitative estimate of drug-likeness (QED) is 0.421. The summed E-state index contributed by atoms with van der Waals surface area (Å²) < 4.78 is 10.9. The lowest BCUT2D eigenvalue weighted by Crippen LogP contribution is -2.29. The molecule has 1 heterocycles. The highest BCUT2D eigenvalue weighted by Crippen LogP contribution is 2.40. The van der Waals surface area contributed by atoms with E-state index in [0.29, 0.717) is 11.5 Å². The zero-order chi connectivity index (χ0) is 20.3. The highest BCUT2D eigenvalue weighted by molar-refractivity contribution is 5.72. The molecule has 0 unspecified atom stereocenters. The van der Waals surface area contributed by atoms with E-state index in [2.05, 4.69) is 31.0 Å². The number of nitro groups is 1. The van der Waals surface area contributed by atoms with Crippen molar-refractivity contribution in [2.24, 2.45) is 17.3 Å². The highest BCUT2D eigenvalue weighted by Gasteiger charge is 2.33. The number of ether oxygens (including phenoxy) is 1. The number of carbonyl (C=O) groups excluding carboxylic acids is 1. The van der Waals surface area contributed by atoms with Crippen LogP contribution in [0.4, 0.5) is 5.69 Å². The molecule has 8 heteroatoms. The van der Waals surface area contributed by atoms with Gasteiger partial charge in [-0.1, -0.05) is 20.8 Å². The van der Waals surface area contributed by atoms with Crippen LogP contribution in [0.25, 0.3) is 11.5 Å². The zero-order valence-electron chi connectivity index (χ0n) is 16.4. The van der Waals surface area contributed by atoms with E-state index in [-0.39, 0.29) is 41.4 Å². The van der Waals surface area contributed by atoms with Crippen LogP contribution in [0.5, 0.6) is 0 Å². The van der Waals surface area contributed by atoms with Gasteiger partial charge < -0.3 is 9.15 Å². The van der Waals surface area contributed by atoms with Crippen molar-refractivity contribution in [3.05, 3.63) is 40.3 Å². The largest absolute Gasteiger partial charge is 0.455 e. The van der Waals surface area contributed by atoms with Crippen LogP contribution in [0.1, 0.15) is 52.3 Å². The molecule has 0 bridgehead atoms. The van der Waals surface area contributed by atoms with Gasteiger partial charge in [-0.15, -0.1) is 10.2 Å². The first-order valence-electron chi connectivity index (χ1n) is 9.48. The van der Waals surface area contributed by atoms with Crippen molar-refractivity contribution in [1.29, 1.82) is 0 Å². The Hall–Kier alpha value is -2.77. The summed E-state index contributed by atoms with van der Waals surface area (Å²) in [5, 5.41) is 18.5. The Kier molecular flexibility index (Phi) is 5.76. The number of nitrogens with zero attached hydrogens (tertiary/aromatic N) is 3. The highest BCUT2D eigenvalue weighted by atomic mass is 16.6. The Bertz CT molecular complexity index is 830. The maximum Gasteiger partial charge on any atom is 0.309 e. The predicted octanol–water partition coefficient (Wildman–Crippen LogP) is 4.54. The van der Waals surface area contributed by atoms with Gasteiger partial charge in [-0.05, 0) is 49.1 Å². The number of non-ortho nitro benzene ring substituents is 1. The van der Waals surface area contributed by atoms with E-state index in [1.807, 2.05) is 0 Å². The van der Waals surface area contributed by atoms with Crippen LogP contribution in [0.3, 0.4) is 0 Å². The summed E-state index contributed by atoms with van der Waals surface area (Å²) in [6.45, 7) is 6.66. The summed E-state index contributed by atoms with van der Waals surface area (Å²) in [7, 11) is 0. The third-order valence-electron chi connectivity index (χ3n) is 5.42. The average molecular weight is 387 g/mol. The molecule has 28 heavy (non-hydrogen) atoms.